The van der Waals surface area contributed by atoms with Gasteiger partial charge in [0, 0.05) is 25.7 Å². The summed E-state index contributed by atoms with van der Waals surface area (Å²) >= 11 is 0. The van der Waals surface area contributed by atoms with Gasteiger partial charge in [-0.2, -0.15) is 250 Å². The minimum absolute atomic E-state index is 0.483. The summed E-state index contributed by atoms with van der Waals surface area (Å²) in [5, 5.41) is -1.93. The third-order valence-corrected chi connectivity index (χ3v) is 38.7. The molecule has 5 rings (SSSR count). The Hall–Kier alpha value is -6.62. The minimum atomic E-state index is -8.39. The fourth-order valence-corrected chi connectivity index (χ4v) is 24.3. The molecule has 0 fully saturated rings. The van der Waals surface area contributed by atoms with Gasteiger partial charge in [0.1, 0.15) is 18.5 Å². The van der Waals surface area contributed by atoms with Crippen LogP contribution in [0.2, 0.25) is 76.6 Å². The van der Waals surface area contributed by atoms with Crippen LogP contribution in [0, 0.1) is 0 Å². The van der Waals surface area contributed by atoms with Crippen molar-refractivity contribution in [2.75, 3.05) is 0 Å². The lowest BCUT2D eigenvalue weighted by molar-refractivity contribution is -0.671. The molecule has 5 aromatic rings. The molecule has 0 N–H and O–H groups in total. The van der Waals surface area contributed by atoms with Crippen molar-refractivity contribution in [3.05, 3.63) is 116 Å². The highest BCUT2D eigenvalue weighted by atomic mass is 28.3. The van der Waals surface area contributed by atoms with Gasteiger partial charge in [0.2, 0.25) is 6.33 Å². The summed E-state index contributed by atoms with van der Waals surface area (Å²) in [7, 11) is -15.4. The molecule has 0 bridgehead atoms. The summed E-state index contributed by atoms with van der Waals surface area (Å²) in [4.78, 5) is 0. The van der Waals surface area contributed by atoms with Crippen molar-refractivity contribution >= 4 is 81.0 Å². The predicted octanol–water partition coefficient (Wildman–Crippen LogP) is 28.3. The maximum atomic E-state index is 15.4. The van der Waals surface area contributed by atoms with Crippen molar-refractivity contribution in [2.24, 2.45) is 7.05 Å². The first-order valence-corrected chi connectivity index (χ1v) is 54.8. The van der Waals surface area contributed by atoms with Gasteiger partial charge in [0.25, 0.3) is 0 Å². The van der Waals surface area contributed by atoms with Crippen LogP contribution in [0.4, 0.5) is 228 Å². The van der Waals surface area contributed by atoms with E-state index in [0.29, 0.717) is 0 Å². The van der Waals surface area contributed by atoms with Gasteiger partial charge in [0.15, 0.2) is 0 Å². The largest absolute Gasteiger partial charge is 0.460 e. The number of nitrogens with zero attached hydrogens (tertiary/aromatic N) is 2. The van der Waals surface area contributed by atoms with E-state index in [1.807, 2.05) is 0 Å². The summed E-state index contributed by atoms with van der Waals surface area (Å²) in [5.74, 6) is -158. The number of unbranched alkanes of at least 4 members (excludes halogenated alkanes) is 11. The summed E-state index contributed by atoms with van der Waals surface area (Å²) in [5.41, 5.74) is -2.01. The van der Waals surface area contributed by atoms with Gasteiger partial charge < -0.3 is 0 Å². The lowest BCUT2D eigenvalue weighted by Crippen LogP contribution is -2.75. The SMILES string of the molecule is CCCCCCCCCCCCCCn1cc[n+](C)c1.C[Si](C)(CCC(F)(F)C(F)(F)C(F)(F)C(F)(F)C(F)(F)C(F)(F)F)c1ccc([B-](c2ccc([Si](C)(C)CCC(F)(F)C(F)(F)C(F)(F)C(F)(F)C(F)(F)C(F)(F)F)cc2)(c2ccc([Si](C)(C)CCC(F)(F)C(F)(F)C(F)(F)C(F)(F)C(F)(F)C(F)(F)F)cc2)c2ccc([Si](C)(C)CCC(F)(F)C(F)(F)C(F)(F)C(F)(F)C(F)(F)C(F)(F)F)cc2)cc1. The van der Waals surface area contributed by atoms with Crippen LogP contribution in [0.5, 0.6) is 0 Å². The fraction of sp³-hybridized carbons (Fsp3) is 0.671. The second kappa shape index (κ2) is 41.5. The number of aryl methyl sites for hydroxylation is 2. The molecule has 0 aliphatic rings. The highest BCUT2D eigenvalue weighted by Gasteiger charge is 2.95. The van der Waals surface area contributed by atoms with E-state index in [-0.39, 0.29) is 0 Å². The molecule has 812 valence electrons. The fourth-order valence-electron chi connectivity index (χ4n) is 15.1. The van der Waals surface area contributed by atoms with Crippen LogP contribution in [0.3, 0.4) is 0 Å². The van der Waals surface area contributed by atoms with Crippen LogP contribution in [0.15, 0.2) is 116 Å². The molecule has 2 nitrogen and oxygen atoms in total. The van der Waals surface area contributed by atoms with E-state index in [9.17, 15) is 193 Å². The van der Waals surface area contributed by atoms with Crippen molar-refractivity contribution < 1.29 is 233 Å². The third kappa shape index (κ3) is 23.6. The Morgan fingerprint density at radius 1 is 0.227 bits per heavy atom. The summed E-state index contributed by atoms with van der Waals surface area (Å²) in [6.07, 6.45) is -23.1. The summed E-state index contributed by atoms with van der Waals surface area (Å²) in [6, 6.07) is 5.43. The molecule has 0 saturated heterocycles. The third-order valence-electron chi connectivity index (χ3n) is 25.1. The lowest BCUT2D eigenvalue weighted by Gasteiger charge is -2.45. The predicted molar refractivity (Wildman–Crippen MR) is 426 cm³/mol. The van der Waals surface area contributed by atoms with Gasteiger partial charge in [0.05, 0.1) is 45.9 Å². The van der Waals surface area contributed by atoms with Gasteiger partial charge in [-0.15, -0.1) is 0 Å². The normalized spacial score (nSPS) is 15.3. The van der Waals surface area contributed by atoms with Crippen molar-refractivity contribution in [3.8, 4) is 0 Å². The molecular weight excluding hydrogens is 2120 g/mol. The van der Waals surface area contributed by atoms with E-state index in [1.165, 1.54) is 83.6 Å². The molecule has 4 aromatic carbocycles. The van der Waals surface area contributed by atoms with Crippen molar-refractivity contribution in [1.82, 2.24) is 4.57 Å². The van der Waals surface area contributed by atoms with E-state index in [1.54, 1.807) is 0 Å². The Labute approximate surface area is 774 Å². The highest BCUT2D eigenvalue weighted by Crippen LogP contribution is 2.67. The van der Waals surface area contributed by atoms with Gasteiger partial charge in [-0.1, -0.05) is 241 Å². The van der Waals surface area contributed by atoms with Crippen LogP contribution in [-0.4, -0.2) is 186 Å². The number of hydrogen-bond donors (Lipinski definition) is 0. The standard InChI is InChI=1S/C64H56BF52Si4.C18H35N2/c1-118(2,29-25-41(66,67)45(74,75)49(82,83)53(90,91)57(98,99)61(106,107)108)37-17-9-33(10-18-37)65(34-11-19-38(20-12-34)119(3,4)30-26-42(68,69)46(76,77)50(84,85)54(92,93)58(100,101)62(109,110)111,35-13-21-39(22-14-35)120(5,6)31-27-43(70,71)47(78,79)51(86,87)55(94,95)59(102,103)63(112,113)114)36-15-23-40(24-16-36)121(7,8)32-28-44(72,73)48(80,81)52(88,89)56(96,97)60(104,105)64(115,116)117;1-3-4-5-6-7-8-9-10-11-12-13-14-15-20-17-16-19(2)18-20/h9-24H,25-32H2,1-8H3;16-18H,3-15H2,1-2H3/q-1;+1. The zero-order valence-corrected chi connectivity index (χ0v) is 78.9. The van der Waals surface area contributed by atoms with Crippen LogP contribution in [0.25, 0.3) is 0 Å². The number of aromatic nitrogens is 2. The lowest BCUT2D eigenvalue weighted by atomic mass is 9.13. The molecular formula is C82H91BF52N2Si4. The minimum Gasteiger partial charge on any atom is -0.240 e. The number of alkyl halides is 52. The molecule has 0 radical (unpaired) electrons. The molecule has 0 spiro atoms. The number of imidazole rings is 1. The number of rotatable bonds is 49. The van der Waals surface area contributed by atoms with Crippen LogP contribution >= 0.6 is 0 Å². The highest BCUT2D eigenvalue weighted by molar-refractivity contribution is 7.20. The van der Waals surface area contributed by atoms with Gasteiger partial charge in [-0.25, -0.2) is 9.13 Å². The zero-order valence-electron chi connectivity index (χ0n) is 74.9. The maximum absolute atomic E-state index is 15.4. The number of benzene rings is 4. The average molecular weight is 2220 g/mol. The molecule has 1 aromatic heterocycles. The van der Waals surface area contributed by atoms with E-state index < -0.39 is 274 Å². The summed E-state index contributed by atoms with van der Waals surface area (Å²) in [6.45, 7) is 10.00. The van der Waals surface area contributed by atoms with E-state index >= 15 is 35.1 Å². The Bertz CT molecular complexity index is 4310. The first-order chi connectivity index (χ1) is 62.5. The monoisotopic (exact) mass is 2210 g/mol. The number of halogens is 52. The first-order valence-electron chi connectivity index (χ1n) is 41.9. The Balaban J connectivity index is 0.00000183. The average Bonchev–Trinajstić information content (AvgIpc) is 1.66. The maximum Gasteiger partial charge on any atom is 0.460 e. The molecule has 0 aliphatic heterocycles. The van der Waals surface area contributed by atoms with Crippen molar-refractivity contribution in [2.45, 2.75) is 336 Å². The molecule has 141 heavy (non-hydrogen) atoms. The topological polar surface area (TPSA) is 8.81 Å². The van der Waals surface area contributed by atoms with Gasteiger partial charge >= 0.3 is 143 Å². The Morgan fingerprint density at radius 3 is 0.546 bits per heavy atom. The molecule has 0 aliphatic carbocycles. The van der Waals surface area contributed by atoms with Crippen LogP contribution < -0.4 is 47.2 Å². The first kappa shape index (κ1) is 127. The molecule has 0 unspecified atom stereocenters. The van der Waals surface area contributed by atoms with Crippen molar-refractivity contribution in [3.63, 3.8) is 0 Å². The van der Waals surface area contributed by atoms with Gasteiger partial charge in [-0.05, 0) is 37.0 Å². The smallest absolute Gasteiger partial charge is 0.240 e. The van der Waals surface area contributed by atoms with Gasteiger partial charge in [-0.3, -0.25) is 0 Å². The Kier molecular flexibility index (Phi) is 37.3. The molecule has 1 heterocycles. The zero-order chi connectivity index (χ0) is 111. The van der Waals surface area contributed by atoms with Crippen LogP contribution in [0.1, 0.15) is 110 Å². The molecule has 0 saturated carbocycles. The second-order valence-corrected chi connectivity index (χ2v) is 56.5. The van der Waals surface area contributed by atoms with Crippen molar-refractivity contribution in [1.29, 1.82) is 0 Å². The molecule has 59 heteroatoms. The second-order valence-electron chi connectivity index (χ2n) is 37.1. The number of hydrogen-bond acceptors (Lipinski definition) is 0. The molecule has 0 atom stereocenters. The van der Waals surface area contributed by atoms with E-state index in [0.717, 1.165) is 149 Å². The quantitative estimate of drug-likeness (QED) is 0.0159. The van der Waals surface area contributed by atoms with E-state index in [4.69, 9.17) is 0 Å². The summed E-state index contributed by atoms with van der Waals surface area (Å²) < 4.78 is 742. The Morgan fingerprint density at radius 2 is 0.390 bits per heavy atom. The van der Waals surface area contributed by atoms with E-state index in [2.05, 4.69) is 41.8 Å². The molecule has 0 amide bonds. The van der Waals surface area contributed by atoms with Crippen LogP contribution in [-0.2, 0) is 13.6 Å².